The summed E-state index contributed by atoms with van der Waals surface area (Å²) in [6.07, 6.45) is 8.60. The number of pyridine rings is 1. The second-order valence-electron chi connectivity index (χ2n) is 6.74. The third-order valence-electron chi connectivity index (χ3n) is 4.80. The van der Waals surface area contributed by atoms with Gasteiger partial charge in [0, 0.05) is 36.4 Å². The molecule has 0 unspecified atom stereocenters. The van der Waals surface area contributed by atoms with E-state index in [0.29, 0.717) is 5.92 Å². The van der Waals surface area contributed by atoms with Crippen molar-refractivity contribution < 1.29 is 0 Å². The number of hydrogen-bond acceptors (Lipinski definition) is 6. The SMILES string of the molecule is c1ccc(Nc2cc(CC3CCN(Cc4ccn[nH]4)CC3)ncn2)nc1. The fourth-order valence-corrected chi connectivity index (χ4v) is 3.40. The highest BCUT2D eigenvalue weighted by atomic mass is 15.2. The predicted octanol–water partition coefficient (Wildman–Crippen LogP) is 2.79. The number of H-pyrrole nitrogens is 1. The van der Waals surface area contributed by atoms with Gasteiger partial charge in [-0.15, -0.1) is 0 Å². The lowest BCUT2D eigenvalue weighted by Crippen LogP contribution is -2.34. The Balaban J connectivity index is 1.30. The van der Waals surface area contributed by atoms with Gasteiger partial charge in [-0.05, 0) is 56.5 Å². The molecule has 7 nitrogen and oxygen atoms in total. The van der Waals surface area contributed by atoms with Crippen LogP contribution in [0.5, 0.6) is 0 Å². The molecule has 26 heavy (non-hydrogen) atoms. The van der Waals surface area contributed by atoms with E-state index in [-0.39, 0.29) is 0 Å². The molecule has 4 rings (SSSR count). The summed E-state index contributed by atoms with van der Waals surface area (Å²) >= 11 is 0. The van der Waals surface area contributed by atoms with Crippen LogP contribution in [0.3, 0.4) is 0 Å². The molecule has 1 fully saturated rings. The lowest BCUT2D eigenvalue weighted by Gasteiger charge is -2.31. The van der Waals surface area contributed by atoms with E-state index in [1.165, 1.54) is 18.5 Å². The van der Waals surface area contributed by atoms with E-state index in [1.54, 1.807) is 12.5 Å². The molecule has 0 amide bonds. The molecular weight excluding hydrogens is 326 g/mol. The molecule has 134 valence electrons. The number of likely N-dealkylation sites (tertiary alicyclic amines) is 1. The molecular formula is C19H23N7. The molecule has 0 aromatic carbocycles. The second-order valence-corrected chi connectivity index (χ2v) is 6.74. The van der Waals surface area contributed by atoms with Crippen LogP contribution in [-0.4, -0.2) is 43.1 Å². The number of piperidine rings is 1. The third-order valence-corrected chi connectivity index (χ3v) is 4.80. The topological polar surface area (TPSA) is 82.6 Å². The highest BCUT2D eigenvalue weighted by molar-refractivity contribution is 5.50. The van der Waals surface area contributed by atoms with Gasteiger partial charge in [0.25, 0.3) is 0 Å². The molecule has 2 N–H and O–H groups in total. The molecule has 1 aliphatic rings. The summed E-state index contributed by atoms with van der Waals surface area (Å²) in [7, 11) is 0. The summed E-state index contributed by atoms with van der Waals surface area (Å²) in [5, 5.41) is 10.3. The summed E-state index contributed by atoms with van der Waals surface area (Å²) in [6, 6.07) is 9.86. The van der Waals surface area contributed by atoms with Crippen LogP contribution in [0.4, 0.5) is 11.6 Å². The number of aromatic nitrogens is 5. The van der Waals surface area contributed by atoms with Crippen LogP contribution in [0.25, 0.3) is 0 Å². The number of hydrogen-bond donors (Lipinski definition) is 2. The first kappa shape index (κ1) is 16.7. The Morgan fingerprint density at radius 3 is 2.73 bits per heavy atom. The predicted molar refractivity (Wildman–Crippen MR) is 99.8 cm³/mol. The number of nitrogens with one attached hydrogen (secondary N) is 2. The summed E-state index contributed by atoms with van der Waals surface area (Å²) in [5.74, 6) is 2.26. The van der Waals surface area contributed by atoms with Gasteiger partial charge in [-0.2, -0.15) is 5.10 Å². The molecule has 0 atom stereocenters. The Bertz CT molecular complexity index is 796. The average Bonchev–Trinajstić information content (AvgIpc) is 3.18. The van der Waals surface area contributed by atoms with Gasteiger partial charge in [0.2, 0.25) is 0 Å². The van der Waals surface area contributed by atoms with Crippen LogP contribution in [0, 0.1) is 5.92 Å². The molecule has 0 saturated carbocycles. The Kier molecular flexibility index (Phi) is 5.16. The van der Waals surface area contributed by atoms with Crippen LogP contribution < -0.4 is 5.32 Å². The van der Waals surface area contributed by atoms with Crippen LogP contribution in [-0.2, 0) is 13.0 Å². The minimum absolute atomic E-state index is 0.672. The highest BCUT2D eigenvalue weighted by Gasteiger charge is 2.20. The summed E-state index contributed by atoms with van der Waals surface area (Å²) in [5.41, 5.74) is 2.27. The Morgan fingerprint density at radius 1 is 1.04 bits per heavy atom. The minimum Gasteiger partial charge on any atom is -0.325 e. The first-order chi connectivity index (χ1) is 12.8. The van der Waals surface area contributed by atoms with Crippen molar-refractivity contribution in [2.45, 2.75) is 25.8 Å². The fourth-order valence-electron chi connectivity index (χ4n) is 3.40. The lowest BCUT2D eigenvalue weighted by molar-refractivity contribution is 0.175. The highest BCUT2D eigenvalue weighted by Crippen LogP contribution is 2.23. The van der Waals surface area contributed by atoms with Crippen LogP contribution >= 0.6 is 0 Å². The van der Waals surface area contributed by atoms with E-state index in [0.717, 1.165) is 43.4 Å². The maximum atomic E-state index is 4.46. The minimum atomic E-state index is 0.672. The molecule has 3 aromatic heterocycles. The van der Waals surface area contributed by atoms with Crippen molar-refractivity contribution in [2.24, 2.45) is 5.92 Å². The van der Waals surface area contributed by atoms with E-state index in [9.17, 15) is 0 Å². The van der Waals surface area contributed by atoms with Crippen LogP contribution in [0.1, 0.15) is 24.2 Å². The number of anilines is 2. The van der Waals surface area contributed by atoms with Gasteiger partial charge in [0.1, 0.15) is 18.0 Å². The molecule has 0 radical (unpaired) electrons. The van der Waals surface area contributed by atoms with Crippen LogP contribution in [0.2, 0.25) is 0 Å². The van der Waals surface area contributed by atoms with E-state index in [2.05, 4.69) is 35.4 Å². The molecule has 3 aromatic rings. The molecule has 1 saturated heterocycles. The second kappa shape index (κ2) is 8.05. The van der Waals surface area contributed by atoms with Gasteiger partial charge in [0.05, 0.1) is 0 Å². The average molecular weight is 349 g/mol. The summed E-state index contributed by atoms with van der Waals surface area (Å²) in [6.45, 7) is 3.19. The van der Waals surface area contributed by atoms with Gasteiger partial charge < -0.3 is 5.32 Å². The monoisotopic (exact) mass is 349 g/mol. The van der Waals surface area contributed by atoms with E-state index in [4.69, 9.17) is 0 Å². The zero-order chi connectivity index (χ0) is 17.6. The molecule has 0 spiro atoms. The smallest absolute Gasteiger partial charge is 0.135 e. The van der Waals surface area contributed by atoms with Crippen LogP contribution in [0.15, 0.2) is 49.1 Å². The Labute approximate surface area is 152 Å². The van der Waals surface area contributed by atoms with Crippen molar-refractivity contribution in [1.82, 2.24) is 30.0 Å². The molecule has 0 bridgehead atoms. The van der Waals surface area contributed by atoms with Gasteiger partial charge in [0.15, 0.2) is 0 Å². The number of nitrogens with zero attached hydrogens (tertiary/aromatic N) is 5. The summed E-state index contributed by atoms with van der Waals surface area (Å²) < 4.78 is 0. The fraction of sp³-hybridized carbons (Fsp3) is 0.368. The Morgan fingerprint density at radius 2 is 1.96 bits per heavy atom. The lowest BCUT2D eigenvalue weighted by atomic mass is 9.92. The Hall–Kier alpha value is -2.80. The summed E-state index contributed by atoms with van der Waals surface area (Å²) in [4.78, 5) is 15.5. The first-order valence-electron chi connectivity index (χ1n) is 9.05. The standard InChI is InChI=1S/C19H23N7/c1-2-7-20-18(3-1)24-19-12-17(21-14-22-19)11-15-5-9-26(10-6-15)13-16-4-8-23-25-16/h1-4,7-8,12,14-15H,5-6,9-11,13H2,(H,23,25)(H,20,21,22,24). The quantitative estimate of drug-likeness (QED) is 0.712. The maximum Gasteiger partial charge on any atom is 0.135 e. The van der Waals surface area contributed by atoms with E-state index in [1.807, 2.05) is 36.5 Å². The van der Waals surface area contributed by atoms with Crippen molar-refractivity contribution in [1.29, 1.82) is 0 Å². The van der Waals surface area contributed by atoms with Crippen molar-refractivity contribution in [2.75, 3.05) is 18.4 Å². The number of aromatic amines is 1. The first-order valence-corrected chi connectivity index (χ1v) is 9.05. The van der Waals surface area contributed by atoms with E-state index >= 15 is 0 Å². The molecule has 7 heteroatoms. The zero-order valence-corrected chi connectivity index (χ0v) is 14.7. The third kappa shape index (κ3) is 4.43. The van der Waals surface area contributed by atoms with Crippen molar-refractivity contribution in [3.8, 4) is 0 Å². The number of rotatable bonds is 6. The van der Waals surface area contributed by atoms with Gasteiger partial charge in [-0.1, -0.05) is 6.07 Å². The molecule has 0 aliphatic carbocycles. The van der Waals surface area contributed by atoms with Gasteiger partial charge >= 0.3 is 0 Å². The van der Waals surface area contributed by atoms with E-state index < -0.39 is 0 Å². The largest absolute Gasteiger partial charge is 0.325 e. The van der Waals surface area contributed by atoms with Gasteiger partial charge in [-0.25, -0.2) is 15.0 Å². The van der Waals surface area contributed by atoms with Crippen molar-refractivity contribution >= 4 is 11.6 Å². The normalized spacial score (nSPS) is 15.8. The zero-order valence-electron chi connectivity index (χ0n) is 14.7. The molecule has 1 aliphatic heterocycles. The van der Waals surface area contributed by atoms with Gasteiger partial charge in [-0.3, -0.25) is 10.00 Å². The van der Waals surface area contributed by atoms with Crippen molar-refractivity contribution in [3.05, 3.63) is 60.4 Å². The maximum absolute atomic E-state index is 4.46. The molecule has 4 heterocycles. The van der Waals surface area contributed by atoms with Crippen molar-refractivity contribution in [3.63, 3.8) is 0 Å².